The van der Waals surface area contributed by atoms with E-state index in [1.54, 1.807) is 41.5 Å². The normalized spacial score (nSPS) is 14.4. The van der Waals surface area contributed by atoms with Crippen molar-refractivity contribution in [2.75, 3.05) is 17.7 Å². The van der Waals surface area contributed by atoms with Crippen molar-refractivity contribution in [2.24, 2.45) is 0 Å². The monoisotopic (exact) mass is 330 g/mol. The van der Waals surface area contributed by atoms with Crippen LogP contribution in [0.15, 0.2) is 47.4 Å². The van der Waals surface area contributed by atoms with Crippen LogP contribution in [-0.2, 0) is 17.2 Å². The molecule has 1 aliphatic heterocycles. The maximum atomic E-state index is 12.7. The average molecular weight is 330 g/mol. The number of hydrogen-bond acceptors (Lipinski definition) is 4. The molecule has 0 fully saturated rings. The number of hydrogen-bond donors (Lipinski definition) is 0. The second-order valence-electron chi connectivity index (χ2n) is 5.26. The molecule has 1 aliphatic rings. The maximum Gasteiger partial charge on any atom is 0.271 e. The lowest BCUT2D eigenvalue weighted by molar-refractivity contribution is -0.384. The van der Waals surface area contributed by atoms with Gasteiger partial charge in [-0.25, -0.2) is 0 Å². The number of carbonyl (C=O) groups is 1. The average Bonchev–Trinajstić information content (AvgIpc) is 2.97. The summed E-state index contributed by atoms with van der Waals surface area (Å²) in [6.07, 6.45) is 2.25. The second-order valence-corrected chi connectivity index (χ2v) is 6.64. The summed E-state index contributed by atoms with van der Waals surface area (Å²) in [6.45, 7) is 0.497. The second kappa shape index (κ2) is 5.92. The summed E-state index contributed by atoms with van der Waals surface area (Å²) in [7, 11) is -1.10. The molecule has 0 N–H and O–H groups in total. The van der Waals surface area contributed by atoms with Gasteiger partial charge in [0.25, 0.3) is 11.6 Å². The largest absolute Gasteiger partial charge is 0.308 e. The lowest BCUT2D eigenvalue weighted by Gasteiger charge is -2.17. The Hall–Kier alpha value is -2.54. The minimum Gasteiger partial charge on any atom is -0.308 e. The summed E-state index contributed by atoms with van der Waals surface area (Å²) < 4.78 is 11.4. The highest BCUT2D eigenvalue weighted by molar-refractivity contribution is 7.84. The highest BCUT2D eigenvalue weighted by atomic mass is 32.2. The van der Waals surface area contributed by atoms with Gasteiger partial charge in [0, 0.05) is 46.2 Å². The fraction of sp³-hybridized carbons (Fsp3) is 0.188. The molecule has 0 aromatic heterocycles. The third-order valence-electron chi connectivity index (χ3n) is 3.85. The zero-order chi connectivity index (χ0) is 16.6. The van der Waals surface area contributed by atoms with Gasteiger partial charge in [0.2, 0.25) is 0 Å². The van der Waals surface area contributed by atoms with E-state index in [2.05, 4.69) is 0 Å². The number of nitro groups is 1. The van der Waals surface area contributed by atoms with Crippen molar-refractivity contribution < 1.29 is 13.9 Å². The molecule has 1 amide bonds. The lowest BCUT2D eigenvalue weighted by atomic mass is 10.1. The minimum atomic E-state index is -1.10. The first-order chi connectivity index (χ1) is 11.0. The third kappa shape index (κ3) is 2.87. The fourth-order valence-electron chi connectivity index (χ4n) is 2.64. The van der Waals surface area contributed by atoms with E-state index in [4.69, 9.17) is 0 Å². The number of carbonyl (C=O) groups excluding carboxylic acids is 1. The molecule has 23 heavy (non-hydrogen) atoms. The van der Waals surface area contributed by atoms with Crippen LogP contribution in [0, 0.1) is 10.1 Å². The topological polar surface area (TPSA) is 80.5 Å². The van der Waals surface area contributed by atoms with Crippen molar-refractivity contribution in [3.8, 4) is 0 Å². The number of benzene rings is 2. The Morgan fingerprint density at radius 3 is 2.52 bits per heavy atom. The Balaban J connectivity index is 1.92. The molecule has 0 saturated carbocycles. The number of nitrogens with zero attached hydrogens (tertiary/aromatic N) is 2. The maximum absolute atomic E-state index is 12.7. The smallest absolute Gasteiger partial charge is 0.271 e. The summed E-state index contributed by atoms with van der Waals surface area (Å²) >= 11 is 0. The molecular formula is C16H14N2O4S. The number of nitro benzene ring substituents is 1. The van der Waals surface area contributed by atoms with Crippen molar-refractivity contribution >= 4 is 28.1 Å². The van der Waals surface area contributed by atoms with E-state index in [0.29, 0.717) is 29.1 Å². The van der Waals surface area contributed by atoms with Gasteiger partial charge in [-0.1, -0.05) is 6.07 Å². The van der Waals surface area contributed by atoms with Crippen LogP contribution in [0.5, 0.6) is 0 Å². The van der Waals surface area contributed by atoms with Gasteiger partial charge < -0.3 is 4.90 Å². The van der Waals surface area contributed by atoms with Gasteiger partial charge in [-0.3, -0.25) is 19.1 Å². The highest BCUT2D eigenvalue weighted by Gasteiger charge is 2.27. The quantitative estimate of drug-likeness (QED) is 0.640. The standard InChI is InChI=1S/C16H14N2O4S/c1-23(22)14-6-3-12(4-7-14)16(19)17-9-8-11-2-5-13(18(20)21)10-15(11)17/h2-7,10H,8-9H2,1H3/t23-/m1/s1. The highest BCUT2D eigenvalue weighted by Crippen LogP contribution is 2.32. The van der Waals surface area contributed by atoms with Crippen molar-refractivity contribution in [2.45, 2.75) is 11.3 Å². The zero-order valence-corrected chi connectivity index (χ0v) is 13.2. The Labute approximate surface area is 135 Å². The molecular weight excluding hydrogens is 316 g/mol. The molecule has 3 rings (SSSR count). The van der Waals surface area contributed by atoms with Gasteiger partial charge in [-0.15, -0.1) is 0 Å². The molecule has 6 nitrogen and oxygen atoms in total. The first-order valence-electron chi connectivity index (χ1n) is 7.00. The number of rotatable bonds is 3. The Kier molecular flexibility index (Phi) is 3.96. The first kappa shape index (κ1) is 15.4. The van der Waals surface area contributed by atoms with Crippen molar-refractivity contribution in [3.63, 3.8) is 0 Å². The Bertz CT molecular complexity index is 817. The van der Waals surface area contributed by atoms with E-state index in [1.165, 1.54) is 12.1 Å². The molecule has 2 aromatic rings. The molecule has 1 heterocycles. The molecule has 118 valence electrons. The first-order valence-corrected chi connectivity index (χ1v) is 8.56. The van der Waals surface area contributed by atoms with Gasteiger partial charge in [0.1, 0.15) is 0 Å². The van der Waals surface area contributed by atoms with Crippen molar-refractivity contribution in [1.29, 1.82) is 0 Å². The van der Waals surface area contributed by atoms with Crippen LogP contribution in [0.1, 0.15) is 15.9 Å². The number of amides is 1. The molecule has 0 aliphatic carbocycles. The fourth-order valence-corrected chi connectivity index (χ4v) is 3.16. The van der Waals surface area contributed by atoms with Gasteiger partial charge in [0.05, 0.1) is 10.6 Å². The predicted octanol–water partition coefficient (Wildman–Crippen LogP) is 2.54. The van der Waals surface area contributed by atoms with E-state index >= 15 is 0 Å². The minimum absolute atomic E-state index is 0.0276. The van der Waals surface area contributed by atoms with E-state index in [1.807, 2.05) is 0 Å². The van der Waals surface area contributed by atoms with Crippen LogP contribution < -0.4 is 4.90 Å². The number of anilines is 1. The van der Waals surface area contributed by atoms with Gasteiger partial charge in [-0.05, 0) is 36.2 Å². The van der Waals surface area contributed by atoms with Crippen LogP contribution >= 0.6 is 0 Å². The summed E-state index contributed by atoms with van der Waals surface area (Å²) in [6, 6.07) is 11.2. The Morgan fingerprint density at radius 1 is 1.22 bits per heavy atom. The van der Waals surface area contributed by atoms with Gasteiger partial charge >= 0.3 is 0 Å². The van der Waals surface area contributed by atoms with Crippen LogP contribution in [-0.4, -0.2) is 27.8 Å². The molecule has 7 heteroatoms. The van der Waals surface area contributed by atoms with Crippen LogP contribution in [0.3, 0.4) is 0 Å². The molecule has 0 saturated heterocycles. The molecule has 0 spiro atoms. The third-order valence-corrected chi connectivity index (χ3v) is 4.79. The summed E-state index contributed by atoms with van der Waals surface area (Å²) in [4.78, 5) is 25.3. The van der Waals surface area contributed by atoms with Crippen molar-refractivity contribution in [3.05, 3.63) is 63.7 Å². The van der Waals surface area contributed by atoms with Gasteiger partial charge in [0.15, 0.2) is 0 Å². The SMILES string of the molecule is C[S@@](=O)c1ccc(C(=O)N2CCc3ccc([N+](=O)[O-])cc32)cc1. The van der Waals surface area contributed by atoms with E-state index in [-0.39, 0.29) is 11.6 Å². The molecule has 2 aromatic carbocycles. The van der Waals surface area contributed by atoms with Crippen molar-refractivity contribution in [1.82, 2.24) is 0 Å². The molecule has 0 radical (unpaired) electrons. The van der Waals surface area contributed by atoms with E-state index in [0.717, 1.165) is 5.56 Å². The van der Waals surface area contributed by atoms with E-state index in [9.17, 15) is 19.1 Å². The number of fused-ring (bicyclic) bond motifs is 1. The van der Waals surface area contributed by atoms with Crippen LogP contribution in [0.2, 0.25) is 0 Å². The predicted molar refractivity (Wildman–Crippen MR) is 87.3 cm³/mol. The lowest BCUT2D eigenvalue weighted by Crippen LogP contribution is -2.28. The van der Waals surface area contributed by atoms with Crippen LogP contribution in [0.4, 0.5) is 11.4 Å². The summed E-state index contributed by atoms with van der Waals surface area (Å²) in [5, 5.41) is 10.9. The zero-order valence-electron chi connectivity index (χ0n) is 12.4. The summed E-state index contributed by atoms with van der Waals surface area (Å²) in [5.74, 6) is -0.210. The summed E-state index contributed by atoms with van der Waals surface area (Å²) in [5.41, 5.74) is 1.96. The molecule has 0 unspecified atom stereocenters. The number of non-ortho nitro benzene ring substituents is 1. The van der Waals surface area contributed by atoms with Gasteiger partial charge in [-0.2, -0.15) is 0 Å². The van der Waals surface area contributed by atoms with Crippen LogP contribution in [0.25, 0.3) is 0 Å². The Morgan fingerprint density at radius 2 is 1.91 bits per heavy atom. The molecule has 1 atom stereocenters. The van der Waals surface area contributed by atoms with E-state index < -0.39 is 15.7 Å². The molecule has 0 bridgehead atoms.